The highest BCUT2D eigenvalue weighted by Gasteiger charge is 2.30. The van der Waals surface area contributed by atoms with E-state index in [0.29, 0.717) is 38.0 Å². The summed E-state index contributed by atoms with van der Waals surface area (Å²) < 4.78 is 1.82. The Morgan fingerprint density at radius 3 is 2.68 bits per heavy atom. The number of piperidine rings is 1. The minimum atomic E-state index is -0.767. The van der Waals surface area contributed by atoms with Crippen LogP contribution in [0.3, 0.4) is 0 Å². The molecule has 6 nitrogen and oxygen atoms in total. The van der Waals surface area contributed by atoms with Gasteiger partial charge in [-0.1, -0.05) is 13.0 Å². The summed E-state index contributed by atoms with van der Waals surface area (Å²) in [6, 6.07) is 5.66. The van der Waals surface area contributed by atoms with Crippen LogP contribution >= 0.6 is 0 Å². The van der Waals surface area contributed by atoms with Crippen LogP contribution in [0.1, 0.15) is 35.9 Å². The van der Waals surface area contributed by atoms with Crippen molar-refractivity contribution in [3.8, 4) is 0 Å². The molecule has 1 aliphatic heterocycles. The van der Waals surface area contributed by atoms with Gasteiger partial charge in [0, 0.05) is 19.3 Å². The Balaban J connectivity index is 1.88. The lowest BCUT2D eigenvalue weighted by molar-refractivity contribution is -0.143. The maximum Gasteiger partial charge on any atom is 0.306 e. The van der Waals surface area contributed by atoms with Crippen molar-refractivity contribution in [3.63, 3.8) is 0 Å². The summed E-state index contributed by atoms with van der Waals surface area (Å²) in [7, 11) is 0. The van der Waals surface area contributed by atoms with Crippen molar-refractivity contribution in [2.24, 2.45) is 5.92 Å². The van der Waals surface area contributed by atoms with Crippen LogP contribution in [0.5, 0.6) is 0 Å². The van der Waals surface area contributed by atoms with Gasteiger partial charge in [-0.15, -0.1) is 0 Å². The van der Waals surface area contributed by atoms with Gasteiger partial charge in [0.05, 0.1) is 11.6 Å². The number of rotatable bonds is 3. The topological polar surface area (TPSA) is 74.9 Å². The summed E-state index contributed by atoms with van der Waals surface area (Å²) in [5, 5.41) is 9.05. The standard InChI is InChI=1S/C16H19N3O3/c1-2-12-14(19-8-4-3-5-13(19)17-12)15(20)18-9-6-11(7-10-18)16(21)22/h3-5,8,11H,2,6-7,9-10H2,1H3,(H,21,22). The number of hydrogen-bond acceptors (Lipinski definition) is 3. The molecule has 3 heterocycles. The number of amides is 1. The summed E-state index contributed by atoms with van der Waals surface area (Å²) >= 11 is 0. The minimum absolute atomic E-state index is 0.0561. The molecule has 1 saturated heterocycles. The van der Waals surface area contributed by atoms with Crippen molar-refractivity contribution < 1.29 is 14.7 Å². The Kier molecular flexibility index (Phi) is 3.83. The minimum Gasteiger partial charge on any atom is -0.481 e. The molecule has 3 rings (SSSR count). The zero-order chi connectivity index (χ0) is 15.7. The molecule has 1 N–H and O–H groups in total. The van der Waals surface area contributed by atoms with Gasteiger partial charge in [-0.2, -0.15) is 0 Å². The average Bonchev–Trinajstić information content (AvgIpc) is 2.92. The van der Waals surface area contributed by atoms with Crippen LogP contribution in [0.2, 0.25) is 0 Å². The summed E-state index contributed by atoms with van der Waals surface area (Å²) in [4.78, 5) is 30.1. The van der Waals surface area contributed by atoms with Crippen LogP contribution in [-0.2, 0) is 11.2 Å². The molecule has 2 aromatic heterocycles. The Bertz CT molecular complexity index is 714. The average molecular weight is 301 g/mol. The molecule has 1 fully saturated rings. The lowest BCUT2D eigenvalue weighted by Gasteiger charge is -2.30. The molecule has 0 atom stereocenters. The lowest BCUT2D eigenvalue weighted by Crippen LogP contribution is -2.41. The van der Waals surface area contributed by atoms with E-state index in [0.717, 1.165) is 11.3 Å². The van der Waals surface area contributed by atoms with Crippen molar-refractivity contribution in [2.45, 2.75) is 26.2 Å². The number of hydrogen-bond donors (Lipinski definition) is 1. The molecule has 2 aromatic rings. The number of nitrogens with zero attached hydrogens (tertiary/aromatic N) is 3. The lowest BCUT2D eigenvalue weighted by atomic mass is 9.97. The fraction of sp³-hybridized carbons (Fsp3) is 0.438. The molecule has 0 spiro atoms. The molecule has 0 aromatic carbocycles. The van der Waals surface area contributed by atoms with Gasteiger partial charge in [0.1, 0.15) is 11.3 Å². The van der Waals surface area contributed by atoms with E-state index < -0.39 is 5.97 Å². The Morgan fingerprint density at radius 1 is 1.32 bits per heavy atom. The zero-order valence-corrected chi connectivity index (χ0v) is 12.5. The Hall–Kier alpha value is -2.37. The Morgan fingerprint density at radius 2 is 2.05 bits per heavy atom. The Labute approximate surface area is 128 Å². The zero-order valence-electron chi connectivity index (χ0n) is 12.5. The fourth-order valence-corrected chi connectivity index (χ4v) is 3.00. The second kappa shape index (κ2) is 5.79. The van der Waals surface area contributed by atoms with Crippen molar-refractivity contribution in [3.05, 3.63) is 35.8 Å². The van der Waals surface area contributed by atoms with Gasteiger partial charge in [-0.05, 0) is 31.4 Å². The van der Waals surface area contributed by atoms with E-state index in [1.807, 2.05) is 35.7 Å². The van der Waals surface area contributed by atoms with Gasteiger partial charge >= 0.3 is 5.97 Å². The number of carboxylic acid groups (broad SMARTS) is 1. The van der Waals surface area contributed by atoms with Crippen LogP contribution in [0.4, 0.5) is 0 Å². The highest BCUT2D eigenvalue weighted by molar-refractivity contribution is 5.95. The number of carboxylic acids is 1. The molecule has 116 valence electrons. The number of aliphatic carboxylic acids is 1. The van der Waals surface area contributed by atoms with Crippen LogP contribution in [0.15, 0.2) is 24.4 Å². The first-order chi connectivity index (χ1) is 10.6. The van der Waals surface area contributed by atoms with Crippen LogP contribution in [-0.4, -0.2) is 44.4 Å². The number of likely N-dealkylation sites (tertiary alicyclic amines) is 1. The summed E-state index contributed by atoms with van der Waals surface area (Å²) in [5.41, 5.74) is 2.16. The first kappa shape index (κ1) is 14.6. The number of aromatic nitrogens is 2. The second-order valence-electron chi connectivity index (χ2n) is 5.59. The summed E-state index contributed by atoms with van der Waals surface area (Å²) in [6.45, 7) is 2.95. The SMILES string of the molecule is CCc1nc2ccccn2c1C(=O)N1CCC(C(=O)O)CC1. The fourth-order valence-electron chi connectivity index (χ4n) is 3.00. The van der Waals surface area contributed by atoms with Gasteiger partial charge < -0.3 is 10.0 Å². The van der Waals surface area contributed by atoms with Gasteiger partial charge in [0.25, 0.3) is 5.91 Å². The van der Waals surface area contributed by atoms with E-state index in [9.17, 15) is 9.59 Å². The molecule has 6 heteroatoms. The highest BCUT2D eigenvalue weighted by Crippen LogP contribution is 2.21. The van der Waals surface area contributed by atoms with Crippen molar-refractivity contribution >= 4 is 17.5 Å². The largest absolute Gasteiger partial charge is 0.481 e. The third-order valence-electron chi connectivity index (χ3n) is 4.27. The molecular weight excluding hydrogens is 282 g/mol. The van der Waals surface area contributed by atoms with Crippen LogP contribution < -0.4 is 0 Å². The molecular formula is C16H19N3O3. The normalized spacial score (nSPS) is 16.1. The number of carbonyl (C=O) groups is 2. The molecule has 0 aliphatic carbocycles. The summed E-state index contributed by atoms with van der Waals surface area (Å²) in [6.07, 6.45) is 3.56. The van der Waals surface area contributed by atoms with E-state index in [-0.39, 0.29) is 11.8 Å². The van der Waals surface area contributed by atoms with E-state index in [2.05, 4.69) is 4.98 Å². The molecule has 0 saturated carbocycles. The van der Waals surface area contributed by atoms with Crippen LogP contribution in [0.25, 0.3) is 5.65 Å². The van der Waals surface area contributed by atoms with Gasteiger partial charge in [0.2, 0.25) is 0 Å². The maximum absolute atomic E-state index is 12.8. The van der Waals surface area contributed by atoms with E-state index in [4.69, 9.17) is 5.11 Å². The van der Waals surface area contributed by atoms with Gasteiger partial charge in [-0.25, -0.2) is 4.98 Å². The van der Waals surface area contributed by atoms with E-state index in [1.165, 1.54) is 0 Å². The third-order valence-corrected chi connectivity index (χ3v) is 4.27. The van der Waals surface area contributed by atoms with Crippen molar-refractivity contribution in [1.82, 2.24) is 14.3 Å². The summed E-state index contributed by atoms with van der Waals surface area (Å²) in [5.74, 6) is -1.16. The monoisotopic (exact) mass is 301 g/mol. The number of carbonyl (C=O) groups excluding carboxylic acids is 1. The highest BCUT2D eigenvalue weighted by atomic mass is 16.4. The molecule has 1 aliphatic rings. The molecule has 0 unspecified atom stereocenters. The van der Waals surface area contributed by atoms with Crippen molar-refractivity contribution in [1.29, 1.82) is 0 Å². The number of imidazole rings is 1. The molecule has 0 radical (unpaired) electrons. The van der Waals surface area contributed by atoms with Crippen molar-refractivity contribution in [2.75, 3.05) is 13.1 Å². The molecule has 0 bridgehead atoms. The second-order valence-corrected chi connectivity index (χ2v) is 5.59. The molecule has 22 heavy (non-hydrogen) atoms. The smallest absolute Gasteiger partial charge is 0.306 e. The first-order valence-corrected chi connectivity index (χ1v) is 7.60. The van der Waals surface area contributed by atoms with E-state index in [1.54, 1.807) is 4.90 Å². The molecule has 1 amide bonds. The third kappa shape index (κ3) is 2.45. The van der Waals surface area contributed by atoms with Crippen LogP contribution in [0, 0.1) is 5.92 Å². The quantitative estimate of drug-likeness (QED) is 0.938. The predicted molar refractivity (Wildman–Crippen MR) is 80.8 cm³/mol. The van der Waals surface area contributed by atoms with Gasteiger partial charge in [-0.3, -0.25) is 14.0 Å². The maximum atomic E-state index is 12.8. The predicted octanol–water partition coefficient (Wildman–Crippen LogP) is 1.83. The first-order valence-electron chi connectivity index (χ1n) is 7.60. The number of fused-ring (bicyclic) bond motifs is 1. The van der Waals surface area contributed by atoms with E-state index >= 15 is 0 Å². The number of pyridine rings is 1. The van der Waals surface area contributed by atoms with Gasteiger partial charge in [0.15, 0.2) is 0 Å². The number of aryl methyl sites for hydroxylation is 1.